The second-order valence-electron chi connectivity index (χ2n) is 11.9. The van der Waals surface area contributed by atoms with Crippen LogP contribution < -0.4 is 16.0 Å². The molecule has 0 aromatic heterocycles. The van der Waals surface area contributed by atoms with Crippen LogP contribution in [0.15, 0.2) is 0 Å². The van der Waals surface area contributed by atoms with Crippen LogP contribution in [-0.2, 0) is 23.9 Å². The molecule has 41 heavy (non-hydrogen) atoms. The van der Waals surface area contributed by atoms with E-state index in [2.05, 4.69) is 16.0 Å². The molecule has 3 amide bonds. The van der Waals surface area contributed by atoms with Crippen molar-refractivity contribution in [3.05, 3.63) is 0 Å². The summed E-state index contributed by atoms with van der Waals surface area (Å²) in [7, 11) is 0. The van der Waals surface area contributed by atoms with Crippen molar-refractivity contribution in [2.45, 2.75) is 113 Å². The van der Waals surface area contributed by atoms with Gasteiger partial charge in [-0.15, -0.1) is 0 Å². The Balaban J connectivity index is 1.75. The molecule has 0 radical (unpaired) electrons. The number of aliphatic hydroxyl groups is 4. The van der Waals surface area contributed by atoms with Gasteiger partial charge in [0.2, 0.25) is 11.5 Å². The van der Waals surface area contributed by atoms with Gasteiger partial charge in [0.05, 0.1) is 30.3 Å². The Morgan fingerprint density at radius 1 is 1.20 bits per heavy atom. The summed E-state index contributed by atoms with van der Waals surface area (Å²) in [5.74, 6) is -2.11. The number of ether oxygens (including phenoxy) is 2. The Hall–Kier alpha value is -2.17. The SMILES string of the molecule is CC(=O)NC1(C)C(C)OC(COC(=O)CCCCC2SC[C@@H]3NC(=O)N[C@H]23)(C(=O)O)C(C)(C)C1(O)C(O)C(O)CO. The number of carboxylic acid groups (broad SMARTS) is 1. The number of carbonyl (C=O) groups excluding carboxylic acids is 3. The highest BCUT2D eigenvalue weighted by atomic mass is 32.2. The molecule has 3 heterocycles. The van der Waals surface area contributed by atoms with Crippen LogP contribution in [0.2, 0.25) is 0 Å². The second-order valence-corrected chi connectivity index (χ2v) is 13.2. The molecule has 0 spiro atoms. The van der Waals surface area contributed by atoms with E-state index in [0.717, 1.165) is 19.1 Å². The quantitative estimate of drug-likeness (QED) is 0.0751. The van der Waals surface area contributed by atoms with Crippen molar-refractivity contribution in [1.29, 1.82) is 0 Å². The number of carbonyl (C=O) groups is 4. The van der Waals surface area contributed by atoms with E-state index in [-0.39, 0.29) is 29.8 Å². The number of aliphatic carboxylic acids is 1. The van der Waals surface area contributed by atoms with E-state index in [1.807, 2.05) is 0 Å². The summed E-state index contributed by atoms with van der Waals surface area (Å²) in [6.07, 6.45) is -3.44. The molecule has 0 aliphatic carbocycles. The number of esters is 1. The monoisotopic (exact) mass is 605 g/mol. The van der Waals surface area contributed by atoms with E-state index in [4.69, 9.17) is 9.47 Å². The van der Waals surface area contributed by atoms with Gasteiger partial charge in [-0.3, -0.25) is 9.59 Å². The van der Waals surface area contributed by atoms with Crippen molar-refractivity contribution >= 4 is 35.6 Å². The Morgan fingerprint density at radius 2 is 1.85 bits per heavy atom. The highest BCUT2D eigenvalue weighted by Gasteiger charge is 2.77. The molecule has 8 N–H and O–H groups in total. The predicted molar refractivity (Wildman–Crippen MR) is 146 cm³/mol. The van der Waals surface area contributed by atoms with Gasteiger partial charge >= 0.3 is 18.0 Å². The largest absolute Gasteiger partial charge is 0.479 e. The molecule has 3 fully saturated rings. The first-order chi connectivity index (χ1) is 19.0. The summed E-state index contributed by atoms with van der Waals surface area (Å²) in [4.78, 5) is 49.2. The summed E-state index contributed by atoms with van der Waals surface area (Å²) in [5.41, 5.74) is -8.92. The van der Waals surface area contributed by atoms with Gasteiger partial charge in [-0.2, -0.15) is 11.8 Å². The maximum atomic E-state index is 12.8. The molecule has 3 aliphatic heterocycles. The zero-order valence-corrected chi connectivity index (χ0v) is 24.8. The summed E-state index contributed by atoms with van der Waals surface area (Å²) in [5, 5.41) is 62.1. The van der Waals surface area contributed by atoms with Gasteiger partial charge in [-0.25, -0.2) is 9.59 Å². The van der Waals surface area contributed by atoms with Gasteiger partial charge in [0, 0.05) is 29.8 Å². The molecule has 15 heteroatoms. The maximum Gasteiger partial charge on any atom is 0.340 e. The zero-order valence-electron chi connectivity index (χ0n) is 24.0. The molecule has 0 bridgehead atoms. The normalized spacial score (nSPS) is 37.3. The van der Waals surface area contributed by atoms with Crippen molar-refractivity contribution in [3.8, 4) is 0 Å². The highest BCUT2D eigenvalue weighted by Crippen LogP contribution is 2.57. The average Bonchev–Trinajstić information content (AvgIpc) is 3.44. The molecular formula is C26H43N3O11S. The molecule has 9 atom stereocenters. The molecule has 3 aliphatic rings. The van der Waals surface area contributed by atoms with Crippen LogP contribution in [0.25, 0.3) is 0 Å². The number of unbranched alkanes of at least 4 members (excludes halogenated alkanes) is 1. The van der Waals surface area contributed by atoms with Crippen LogP contribution in [0, 0.1) is 5.41 Å². The second kappa shape index (κ2) is 12.2. The number of hydrogen-bond acceptors (Lipinski definition) is 11. The zero-order chi connectivity index (χ0) is 31.0. The number of fused-ring (bicyclic) bond motifs is 1. The fraction of sp³-hybridized carbons (Fsp3) is 0.846. The Morgan fingerprint density at radius 3 is 2.44 bits per heavy atom. The van der Waals surface area contributed by atoms with Gasteiger partial charge in [0.15, 0.2) is 0 Å². The Kier molecular flexibility index (Phi) is 9.93. The standard InChI is InChI=1S/C26H43N3O11S/c1-13-24(5,29-14(2)31)26(38,20(34)16(32)10-30)23(3,4)25(40-13,21(35)36)12-39-18(33)9-7-6-8-17-19-15(11-41-17)27-22(37)28-19/h13,15-17,19-20,30,32,34,38H,6-12H2,1-5H3,(H,29,31)(H,35,36)(H2,27,28,37)/t13?,15-,16?,17?,19-,20?,24?,25?,26?/m0/s1. The van der Waals surface area contributed by atoms with E-state index in [1.165, 1.54) is 27.7 Å². The van der Waals surface area contributed by atoms with E-state index in [1.54, 1.807) is 11.8 Å². The Bertz CT molecular complexity index is 1030. The number of amides is 3. The minimum absolute atomic E-state index is 0.0124. The molecule has 0 aromatic rings. The topological polar surface area (TPSA) is 224 Å². The average molecular weight is 606 g/mol. The summed E-state index contributed by atoms with van der Waals surface area (Å²) < 4.78 is 11.4. The van der Waals surface area contributed by atoms with Crippen LogP contribution in [0.5, 0.6) is 0 Å². The van der Waals surface area contributed by atoms with Crippen molar-refractivity contribution in [3.63, 3.8) is 0 Å². The van der Waals surface area contributed by atoms with Gasteiger partial charge in [-0.1, -0.05) is 20.3 Å². The van der Waals surface area contributed by atoms with Crippen LogP contribution >= 0.6 is 11.8 Å². The minimum Gasteiger partial charge on any atom is -0.479 e. The van der Waals surface area contributed by atoms with Gasteiger partial charge in [-0.05, 0) is 26.7 Å². The molecule has 234 valence electrons. The minimum atomic E-state index is -2.61. The lowest BCUT2D eigenvalue weighted by atomic mass is 9.51. The smallest absolute Gasteiger partial charge is 0.340 e. The van der Waals surface area contributed by atoms with Crippen molar-refractivity contribution in [1.82, 2.24) is 16.0 Å². The summed E-state index contributed by atoms with van der Waals surface area (Å²) >= 11 is 1.76. The Labute approximate surface area is 242 Å². The molecule has 7 unspecified atom stereocenters. The third kappa shape index (κ3) is 5.64. The first-order valence-electron chi connectivity index (χ1n) is 13.7. The highest BCUT2D eigenvalue weighted by molar-refractivity contribution is 8.00. The van der Waals surface area contributed by atoms with Crippen molar-refractivity contribution in [2.24, 2.45) is 5.41 Å². The molecule has 14 nitrogen and oxygen atoms in total. The number of aliphatic hydroxyl groups excluding tert-OH is 3. The summed E-state index contributed by atoms with van der Waals surface area (Å²) in [6, 6.07) is -0.0330. The van der Waals surface area contributed by atoms with Gasteiger partial charge < -0.3 is 51.0 Å². The van der Waals surface area contributed by atoms with E-state index in [9.17, 15) is 44.7 Å². The van der Waals surface area contributed by atoms with Crippen molar-refractivity contribution in [2.75, 3.05) is 19.0 Å². The lowest BCUT2D eigenvalue weighted by Crippen LogP contribution is -2.87. The van der Waals surface area contributed by atoms with Gasteiger partial charge in [0.25, 0.3) is 0 Å². The number of urea groups is 1. The first kappa shape index (κ1) is 33.3. The third-order valence-electron chi connectivity index (χ3n) is 9.20. The fourth-order valence-corrected chi connectivity index (χ4v) is 8.10. The van der Waals surface area contributed by atoms with E-state index in [0.29, 0.717) is 12.8 Å². The van der Waals surface area contributed by atoms with Crippen molar-refractivity contribution < 1.29 is 54.2 Å². The van der Waals surface area contributed by atoms with Crippen LogP contribution in [0.4, 0.5) is 4.79 Å². The van der Waals surface area contributed by atoms with Crippen LogP contribution in [0.3, 0.4) is 0 Å². The lowest BCUT2D eigenvalue weighted by molar-refractivity contribution is -0.342. The molecule has 3 saturated heterocycles. The van der Waals surface area contributed by atoms with Crippen LogP contribution in [0.1, 0.15) is 60.3 Å². The number of carboxylic acids is 1. The summed E-state index contributed by atoms with van der Waals surface area (Å²) in [6.45, 7) is 4.59. The predicted octanol–water partition coefficient (Wildman–Crippen LogP) is -1.14. The third-order valence-corrected chi connectivity index (χ3v) is 10.7. The molecule has 0 saturated carbocycles. The maximum absolute atomic E-state index is 12.8. The van der Waals surface area contributed by atoms with E-state index < -0.39 is 71.5 Å². The molecule has 0 aromatic carbocycles. The lowest BCUT2D eigenvalue weighted by Gasteiger charge is -2.66. The number of thioether (sulfide) groups is 1. The van der Waals surface area contributed by atoms with Crippen LogP contribution in [-0.4, -0.2) is 121 Å². The van der Waals surface area contributed by atoms with Gasteiger partial charge in [0.1, 0.15) is 24.4 Å². The number of nitrogens with one attached hydrogen (secondary N) is 3. The fourth-order valence-electron chi connectivity index (χ4n) is 6.56. The first-order valence-corrected chi connectivity index (χ1v) is 14.8. The number of hydrogen-bond donors (Lipinski definition) is 8. The number of rotatable bonds is 12. The molecule has 3 rings (SSSR count). The van der Waals surface area contributed by atoms with E-state index >= 15 is 0 Å². The molecular weight excluding hydrogens is 562 g/mol.